The van der Waals surface area contributed by atoms with Crippen LogP contribution in [-0.2, 0) is 23.1 Å². The molecular formula is C27H35ClN6O3S. The second-order valence-electron chi connectivity index (χ2n) is 10.3. The summed E-state index contributed by atoms with van der Waals surface area (Å²) in [5.41, 5.74) is 6.02. The van der Waals surface area contributed by atoms with E-state index >= 15 is 0 Å². The number of hydrogen-bond donors (Lipinski definition) is 1. The number of rotatable bonds is 7. The Hall–Kier alpha value is -2.95. The molecule has 0 fully saturated rings. The standard InChI is InChI=1S/C27H35ClN6O3S/c1-16(2)24-18(4)30-23(15-33(5)6)31-27(24)34-8-9-37-25-17(3)10-19(11-21(25)14-34)20-12-22(26(28)29-13-20)32-38(7,35)36/h10-13,16,32H,8-9,14-15H2,1-7H3. The SMILES string of the molecule is Cc1cc(-c2cnc(Cl)c(NS(C)(=O)=O)c2)cc2c1OCCN(c1nc(CN(C)C)nc(C)c1C(C)C)C2. The zero-order valence-corrected chi connectivity index (χ0v) is 24.5. The van der Waals surface area contributed by atoms with Crippen molar-refractivity contribution < 1.29 is 13.2 Å². The minimum atomic E-state index is -3.51. The van der Waals surface area contributed by atoms with E-state index in [1.807, 2.05) is 27.1 Å². The molecule has 3 heterocycles. The summed E-state index contributed by atoms with van der Waals surface area (Å²) in [6.07, 6.45) is 2.73. The molecule has 38 heavy (non-hydrogen) atoms. The highest BCUT2D eigenvalue weighted by atomic mass is 35.5. The van der Waals surface area contributed by atoms with Crippen LogP contribution in [0.2, 0.25) is 5.15 Å². The van der Waals surface area contributed by atoms with Gasteiger partial charge in [0.05, 0.1) is 25.0 Å². The van der Waals surface area contributed by atoms with Crippen LogP contribution in [0.1, 0.15) is 48.0 Å². The molecular weight excluding hydrogens is 524 g/mol. The lowest BCUT2D eigenvalue weighted by Gasteiger charge is -2.27. The molecule has 0 unspecified atom stereocenters. The first-order chi connectivity index (χ1) is 17.8. The predicted molar refractivity (Wildman–Crippen MR) is 153 cm³/mol. The largest absolute Gasteiger partial charge is 0.491 e. The third kappa shape index (κ3) is 6.36. The third-order valence-corrected chi connectivity index (χ3v) is 7.18. The Morgan fingerprint density at radius 2 is 1.89 bits per heavy atom. The number of nitrogens with one attached hydrogen (secondary N) is 1. The van der Waals surface area contributed by atoms with Crippen LogP contribution in [0.15, 0.2) is 24.4 Å². The predicted octanol–water partition coefficient (Wildman–Crippen LogP) is 4.76. The van der Waals surface area contributed by atoms with E-state index in [-0.39, 0.29) is 16.8 Å². The number of hydrogen-bond acceptors (Lipinski definition) is 8. The summed E-state index contributed by atoms with van der Waals surface area (Å²) in [6.45, 7) is 10.9. The van der Waals surface area contributed by atoms with E-state index in [0.29, 0.717) is 26.2 Å². The molecule has 11 heteroatoms. The fourth-order valence-corrected chi connectivity index (χ4v) is 5.59. The van der Waals surface area contributed by atoms with Crippen LogP contribution in [0.4, 0.5) is 11.5 Å². The summed E-state index contributed by atoms with van der Waals surface area (Å²) in [5.74, 6) is 2.85. The molecule has 204 valence electrons. The Balaban J connectivity index is 1.77. The highest BCUT2D eigenvalue weighted by Crippen LogP contribution is 2.37. The Labute approximate surface area is 230 Å². The minimum Gasteiger partial charge on any atom is -0.491 e. The lowest BCUT2D eigenvalue weighted by atomic mass is 9.99. The second kappa shape index (κ2) is 11.0. The maximum Gasteiger partial charge on any atom is 0.229 e. The van der Waals surface area contributed by atoms with Gasteiger partial charge >= 0.3 is 0 Å². The maximum atomic E-state index is 11.8. The van der Waals surface area contributed by atoms with Crippen molar-refractivity contribution in [2.45, 2.75) is 46.7 Å². The Morgan fingerprint density at radius 3 is 2.55 bits per heavy atom. The summed E-state index contributed by atoms with van der Waals surface area (Å²) in [5, 5.41) is 0.0917. The van der Waals surface area contributed by atoms with Crippen molar-refractivity contribution in [2.24, 2.45) is 0 Å². The molecule has 9 nitrogen and oxygen atoms in total. The summed E-state index contributed by atoms with van der Waals surface area (Å²) < 4.78 is 32.3. The number of aryl methyl sites for hydroxylation is 2. The zero-order chi connectivity index (χ0) is 27.8. The van der Waals surface area contributed by atoms with Gasteiger partial charge in [0.1, 0.15) is 24.0 Å². The van der Waals surface area contributed by atoms with Gasteiger partial charge < -0.3 is 14.5 Å². The number of pyridine rings is 1. The van der Waals surface area contributed by atoms with Gasteiger partial charge in [-0.25, -0.2) is 23.4 Å². The van der Waals surface area contributed by atoms with Crippen molar-refractivity contribution in [3.05, 3.63) is 57.8 Å². The van der Waals surface area contributed by atoms with Crippen LogP contribution in [0, 0.1) is 13.8 Å². The average molecular weight is 559 g/mol. The van der Waals surface area contributed by atoms with E-state index in [2.05, 4.69) is 46.3 Å². The van der Waals surface area contributed by atoms with Crippen molar-refractivity contribution in [2.75, 3.05) is 43.1 Å². The van der Waals surface area contributed by atoms with Crippen LogP contribution in [0.25, 0.3) is 11.1 Å². The van der Waals surface area contributed by atoms with Crippen LogP contribution in [0.3, 0.4) is 0 Å². The summed E-state index contributed by atoms with van der Waals surface area (Å²) in [6, 6.07) is 5.79. The van der Waals surface area contributed by atoms with Crippen LogP contribution < -0.4 is 14.4 Å². The average Bonchev–Trinajstić information content (AvgIpc) is 3.01. The molecule has 0 aliphatic carbocycles. The molecule has 0 saturated heterocycles. The van der Waals surface area contributed by atoms with Crippen molar-refractivity contribution in [1.29, 1.82) is 0 Å². The molecule has 2 aromatic heterocycles. The highest BCUT2D eigenvalue weighted by Gasteiger charge is 2.25. The number of benzene rings is 1. The fraction of sp³-hybridized carbons (Fsp3) is 0.444. The fourth-order valence-electron chi connectivity index (χ4n) is 4.83. The first-order valence-corrected chi connectivity index (χ1v) is 14.8. The number of fused-ring (bicyclic) bond motifs is 1. The molecule has 1 aromatic carbocycles. The molecule has 3 aromatic rings. The molecule has 0 bridgehead atoms. The van der Waals surface area contributed by atoms with E-state index in [1.54, 1.807) is 12.3 Å². The number of ether oxygens (including phenoxy) is 1. The van der Waals surface area contributed by atoms with Crippen LogP contribution in [0.5, 0.6) is 5.75 Å². The van der Waals surface area contributed by atoms with E-state index in [4.69, 9.17) is 26.3 Å². The lowest BCUT2D eigenvalue weighted by Crippen LogP contribution is -2.29. The summed E-state index contributed by atoms with van der Waals surface area (Å²) in [7, 11) is 0.517. The van der Waals surface area contributed by atoms with Gasteiger partial charge in [0, 0.05) is 35.1 Å². The summed E-state index contributed by atoms with van der Waals surface area (Å²) >= 11 is 6.16. The van der Waals surface area contributed by atoms with Crippen LogP contribution in [-0.4, -0.2) is 61.8 Å². The van der Waals surface area contributed by atoms with Crippen molar-refractivity contribution in [1.82, 2.24) is 19.9 Å². The molecule has 4 rings (SSSR count). The van der Waals surface area contributed by atoms with Gasteiger partial charge in [0.2, 0.25) is 10.0 Å². The highest BCUT2D eigenvalue weighted by molar-refractivity contribution is 7.92. The molecule has 0 saturated carbocycles. The van der Waals surface area contributed by atoms with E-state index in [1.165, 1.54) is 0 Å². The second-order valence-corrected chi connectivity index (χ2v) is 12.4. The maximum absolute atomic E-state index is 11.8. The summed E-state index contributed by atoms with van der Waals surface area (Å²) in [4.78, 5) is 18.4. The Kier molecular flexibility index (Phi) is 8.15. The molecule has 1 aliphatic rings. The topological polar surface area (TPSA) is 101 Å². The molecule has 0 radical (unpaired) electrons. The van der Waals surface area contributed by atoms with Crippen molar-refractivity contribution in [3.63, 3.8) is 0 Å². The Bertz CT molecular complexity index is 1460. The van der Waals surface area contributed by atoms with Crippen molar-refractivity contribution >= 4 is 33.1 Å². The molecule has 0 atom stereocenters. The van der Waals surface area contributed by atoms with Gasteiger partial charge in [-0.2, -0.15) is 0 Å². The quantitative estimate of drug-likeness (QED) is 0.414. The normalized spacial score (nSPS) is 13.9. The number of nitrogens with zero attached hydrogens (tertiary/aromatic N) is 5. The van der Waals surface area contributed by atoms with E-state index in [0.717, 1.165) is 57.2 Å². The lowest BCUT2D eigenvalue weighted by molar-refractivity contribution is 0.329. The first kappa shape index (κ1) is 28.1. The number of aromatic nitrogens is 3. The first-order valence-electron chi connectivity index (χ1n) is 12.5. The number of anilines is 2. The molecule has 1 aliphatic heterocycles. The molecule has 1 N–H and O–H groups in total. The smallest absolute Gasteiger partial charge is 0.229 e. The van der Waals surface area contributed by atoms with E-state index < -0.39 is 10.0 Å². The molecule has 0 amide bonds. The van der Waals surface area contributed by atoms with Crippen LogP contribution >= 0.6 is 11.6 Å². The van der Waals surface area contributed by atoms with Crippen molar-refractivity contribution in [3.8, 4) is 16.9 Å². The number of sulfonamides is 1. The van der Waals surface area contributed by atoms with Gasteiger partial charge in [0.15, 0.2) is 5.15 Å². The monoisotopic (exact) mass is 558 g/mol. The zero-order valence-electron chi connectivity index (χ0n) is 23.0. The number of halogens is 1. The van der Waals surface area contributed by atoms with Gasteiger partial charge in [-0.05, 0) is 63.2 Å². The van der Waals surface area contributed by atoms with Gasteiger partial charge in [-0.3, -0.25) is 4.72 Å². The third-order valence-electron chi connectivity index (χ3n) is 6.29. The van der Waals surface area contributed by atoms with Gasteiger partial charge in [-0.1, -0.05) is 25.4 Å². The van der Waals surface area contributed by atoms with Gasteiger partial charge in [0.25, 0.3) is 0 Å². The molecule has 0 spiro atoms. The Morgan fingerprint density at radius 1 is 1.16 bits per heavy atom. The van der Waals surface area contributed by atoms with E-state index in [9.17, 15) is 8.42 Å². The van der Waals surface area contributed by atoms with Gasteiger partial charge in [-0.15, -0.1) is 0 Å². The minimum absolute atomic E-state index is 0.0917.